The number of aliphatic carboxylic acids is 1. The average Bonchev–Trinajstić information content (AvgIpc) is 2.60. The number of nitrogens with one attached hydrogen (secondary N) is 1. The van der Waals surface area contributed by atoms with Crippen molar-refractivity contribution in [1.82, 2.24) is 15.1 Å². The van der Waals surface area contributed by atoms with Gasteiger partial charge in [-0.25, -0.2) is 0 Å². The maximum Gasteiger partial charge on any atom is 0.323 e. The van der Waals surface area contributed by atoms with Crippen LogP contribution in [-0.4, -0.2) is 72.7 Å². The summed E-state index contributed by atoms with van der Waals surface area (Å²) in [5.74, 6) is -0.740. The van der Waals surface area contributed by atoms with Crippen LogP contribution in [-0.2, 0) is 4.79 Å². The summed E-state index contributed by atoms with van der Waals surface area (Å²) in [6, 6.07) is 0. The van der Waals surface area contributed by atoms with Crippen molar-refractivity contribution in [2.24, 2.45) is 0 Å². The van der Waals surface area contributed by atoms with E-state index in [0.29, 0.717) is 13.0 Å². The number of rotatable bonds is 8. The summed E-state index contributed by atoms with van der Waals surface area (Å²) in [4.78, 5) is 16.2. The first kappa shape index (κ1) is 17.4. The van der Waals surface area contributed by atoms with Crippen LogP contribution in [0.2, 0.25) is 0 Å². The smallest absolute Gasteiger partial charge is 0.323 e. The predicted molar refractivity (Wildman–Crippen MR) is 82.1 cm³/mol. The molecule has 0 aliphatic carbocycles. The van der Waals surface area contributed by atoms with Crippen molar-refractivity contribution in [3.05, 3.63) is 0 Å². The zero-order valence-corrected chi connectivity index (χ0v) is 13.3. The number of carboxylic acids is 1. The van der Waals surface area contributed by atoms with Crippen LogP contribution in [0.15, 0.2) is 0 Å². The molecular formula is C15H31N3O2. The molecule has 1 heterocycles. The van der Waals surface area contributed by atoms with Gasteiger partial charge in [0.1, 0.15) is 5.54 Å². The first-order valence-corrected chi connectivity index (χ1v) is 7.87. The minimum Gasteiger partial charge on any atom is -0.480 e. The van der Waals surface area contributed by atoms with E-state index in [1.807, 2.05) is 6.92 Å². The minimum atomic E-state index is -0.770. The Morgan fingerprint density at radius 2 is 2.00 bits per heavy atom. The summed E-state index contributed by atoms with van der Waals surface area (Å²) < 4.78 is 0. The lowest BCUT2D eigenvalue weighted by atomic mass is 9.95. The second-order valence-electron chi connectivity index (χ2n) is 6.12. The lowest BCUT2D eigenvalue weighted by Crippen LogP contribution is -2.49. The minimum absolute atomic E-state index is 0.696. The molecule has 0 aromatic carbocycles. The van der Waals surface area contributed by atoms with Crippen molar-refractivity contribution in [2.45, 2.75) is 45.1 Å². The van der Waals surface area contributed by atoms with E-state index in [0.717, 1.165) is 32.5 Å². The molecule has 1 unspecified atom stereocenters. The first-order chi connectivity index (χ1) is 9.48. The molecule has 0 aromatic rings. The maximum atomic E-state index is 11.3. The van der Waals surface area contributed by atoms with Gasteiger partial charge in [0, 0.05) is 13.1 Å². The van der Waals surface area contributed by atoms with Gasteiger partial charge >= 0.3 is 5.97 Å². The Bertz CT molecular complexity index is 299. The molecule has 0 aromatic heterocycles. The maximum absolute atomic E-state index is 11.3. The molecule has 0 amide bonds. The molecule has 1 aliphatic rings. The Kier molecular flexibility index (Phi) is 7.48. The van der Waals surface area contributed by atoms with Gasteiger partial charge in [0.25, 0.3) is 0 Å². The molecule has 0 bridgehead atoms. The van der Waals surface area contributed by atoms with E-state index < -0.39 is 11.5 Å². The number of carbonyl (C=O) groups is 1. The van der Waals surface area contributed by atoms with Crippen LogP contribution in [0.5, 0.6) is 0 Å². The largest absolute Gasteiger partial charge is 0.480 e. The van der Waals surface area contributed by atoms with Crippen molar-refractivity contribution in [2.75, 3.05) is 46.3 Å². The van der Waals surface area contributed by atoms with E-state index in [4.69, 9.17) is 0 Å². The Hall–Kier alpha value is -0.650. The molecule has 1 saturated heterocycles. The summed E-state index contributed by atoms with van der Waals surface area (Å²) in [5, 5.41) is 12.4. The summed E-state index contributed by atoms with van der Waals surface area (Å²) >= 11 is 0. The normalized spacial score (nSPS) is 21.4. The van der Waals surface area contributed by atoms with Crippen LogP contribution in [0, 0.1) is 0 Å². The lowest BCUT2D eigenvalue weighted by Gasteiger charge is -2.26. The van der Waals surface area contributed by atoms with Crippen LogP contribution in [0.25, 0.3) is 0 Å². The second-order valence-corrected chi connectivity index (χ2v) is 6.12. The third-order valence-electron chi connectivity index (χ3n) is 4.25. The van der Waals surface area contributed by atoms with Crippen molar-refractivity contribution in [1.29, 1.82) is 0 Å². The Morgan fingerprint density at radius 3 is 2.65 bits per heavy atom. The fourth-order valence-electron chi connectivity index (χ4n) is 2.80. The number of hydrogen-bond acceptors (Lipinski definition) is 4. The zero-order valence-electron chi connectivity index (χ0n) is 13.3. The number of likely N-dealkylation sites (N-methyl/N-ethyl adjacent to an activating group) is 2. The number of unbranched alkanes of at least 4 members (excludes halogenated alkanes) is 1. The molecule has 5 heteroatoms. The molecule has 1 rings (SSSR count). The summed E-state index contributed by atoms with van der Waals surface area (Å²) in [6.45, 7) is 10.2. The quantitative estimate of drug-likeness (QED) is 0.657. The molecule has 0 radical (unpaired) electrons. The van der Waals surface area contributed by atoms with E-state index >= 15 is 0 Å². The summed E-state index contributed by atoms with van der Waals surface area (Å²) in [5.41, 5.74) is -0.770. The number of nitrogens with zero attached hydrogens (tertiary/aromatic N) is 2. The zero-order chi connectivity index (χ0) is 15.0. The molecule has 1 atom stereocenters. The van der Waals surface area contributed by atoms with Gasteiger partial charge in [-0.05, 0) is 65.8 Å². The third kappa shape index (κ3) is 5.77. The molecular weight excluding hydrogens is 254 g/mol. The van der Waals surface area contributed by atoms with Gasteiger partial charge in [0.2, 0.25) is 0 Å². The highest BCUT2D eigenvalue weighted by molar-refractivity contribution is 5.78. The molecule has 1 fully saturated rings. The Morgan fingerprint density at radius 1 is 1.25 bits per heavy atom. The van der Waals surface area contributed by atoms with E-state index in [1.54, 1.807) is 6.92 Å². The van der Waals surface area contributed by atoms with Crippen molar-refractivity contribution >= 4 is 5.97 Å². The monoisotopic (exact) mass is 285 g/mol. The molecule has 20 heavy (non-hydrogen) atoms. The van der Waals surface area contributed by atoms with Gasteiger partial charge in [-0.2, -0.15) is 0 Å². The van der Waals surface area contributed by atoms with Crippen molar-refractivity contribution < 1.29 is 9.90 Å². The van der Waals surface area contributed by atoms with E-state index in [-0.39, 0.29) is 0 Å². The number of hydrogen-bond donors (Lipinski definition) is 2. The van der Waals surface area contributed by atoms with Crippen LogP contribution in [0.3, 0.4) is 0 Å². The van der Waals surface area contributed by atoms with Crippen LogP contribution >= 0.6 is 0 Å². The van der Waals surface area contributed by atoms with Gasteiger partial charge in [0.05, 0.1) is 0 Å². The fourth-order valence-corrected chi connectivity index (χ4v) is 2.80. The van der Waals surface area contributed by atoms with E-state index in [2.05, 4.69) is 22.2 Å². The third-order valence-corrected chi connectivity index (χ3v) is 4.25. The standard InChI is InChI=1S/C15H31N3O2/c1-4-16-15(2,14(19)20)8-5-6-10-18-11-7-9-17(3)12-13-18/h16H,4-13H2,1-3H3,(H,19,20). The molecule has 0 spiro atoms. The second kappa shape index (κ2) is 8.60. The van der Waals surface area contributed by atoms with E-state index in [1.165, 1.54) is 19.5 Å². The number of carboxylic acid groups (broad SMARTS) is 1. The Labute approximate surface area is 123 Å². The van der Waals surface area contributed by atoms with Gasteiger partial charge in [-0.3, -0.25) is 4.79 Å². The van der Waals surface area contributed by atoms with Gasteiger partial charge in [-0.1, -0.05) is 6.92 Å². The van der Waals surface area contributed by atoms with Gasteiger partial charge in [0.15, 0.2) is 0 Å². The summed E-state index contributed by atoms with van der Waals surface area (Å²) in [6.07, 6.45) is 3.98. The summed E-state index contributed by atoms with van der Waals surface area (Å²) in [7, 11) is 2.18. The van der Waals surface area contributed by atoms with E-state index in [9.17, 15) is 9.90 Å². The SMILES string of the molecule is CCNC(C)(CCCCN1CCCN(C)CC1)C(=O)O. The van der Waals surface area contributed by atoms with Gasteiger partial charge < -0.3 is 20.2 Å². The molecule has 0 saturated carbocycles. The van der Waals surface area contributed by atoms with Crippen molar-refractivity contribution in [3.63, 3.8) is 0 Å². The van der Waals surface area contributed by atoms with Crippen molar-refractivity contribution in [3.8, 4) is 0 Å². The molecule has 1 aliphatic heterocycles. The molecule has 5 nitrogen and oxygen atoms in total. The van der Waals surface area contributed by atoms with Crippen LogP contribution in [0.1, 0.15) is 39.5 Å². The Balaban J connectivity index is 2.24. The highest BCUT2D eigenvalue weighted by atomic mass is 16.4. The molecule has 2 N–H and O–H groups in total. The topological polar surface area (TPSA) is 55.8 Å². The lowest BCUT2D eigenvalue weighted by molar-refractivity contribution is -0.144. The molecule has 118 valence electrons. The van der Waals surface area contributed by atoms with Crippen LogP contribution in [0.4, 0.5) is 0 Å². The first-order valence-electron chi connectivity index (χ1n) is 7.87. The predicted octanol–water partition coefficient (Wildman–Crippen LogP) is 1.25. The van der Waals surface area contributed by atoms with Crippen LogP contribution < -0.4 is 5.32 Å². The fraction of sp³-hybridized carbons (Fsp3) is 0.933. The van der Waals surface area contributed by atoms with Gasteiger partial charge in [-0.15, -0.1) is 0 Å². The highest BCUT2D eigenvalue weighted by Crippen LogP contribution is 2.15. The average molecular weight is 285 g/mol. The highest BCUT2D eigenvalue weighted by Gasteiger charge is 2.31.